The zero-order chi connectivity index (χ0) is 27.7. The van der Waals surface area contributed by atoms with Gasteiger partial charge in [-0.15, -0.1) is 0 Å². The van der Waals surface area contributed by atoms with Gasteiger partial charge in [0, 0.05) is 55.9 Å². The summed E-state index contributed by atoms with van der Waals surface area (Å²) in [5, 5.41) is 22.2. The van der Waals surface area contributed by atoms with Crippen molar-refractivity contribution in [1.82, 2.24) is 14.8 Å². The molecule has 39 heavy (non-hydrogen) atoms. The van der Waals surface area contributed by atoms with Crippen molar-refractivity contribution in [3.63, 3.8) is 0 Å². The number of halogens is 2. The number of pyridine rings is 1. The summed E-state index contributed by atoms with van der Waals surface area (Å²) in [4.78, 5) is 22.7. The Balaban J connectivity index is 1.54. The fourth-order valence-corrected chi connectivity index (χ4v) is 5.38. The molecule has 0 saturated carbocycles. The number of hydrogen-bond donors (Lipinski definition) is 1. The highest BCUT2D eigenvalue weighted by molar-refractivity contribution is 6.38. The Hall–Kier alpha value is -4.19. The van der Waals surface area contributed by atoms with Crippen LogP contribution in [-0.2, 0) is 4.79 Å². The van der Waals surface area contributed by atoms with E-state index in [1.54, 1.807) is 17.0 Å². The number of piperazine rings is 1. The third-order valence-electron chi connectivity index (χ3n) is 6.90. The second-order valence-electron chi connectivity index (χ2n) is 9.77. The van der Waals surface area contributed by atoms with Crippen molar-refractivity contribution < 1.29 is 14.3 Å². The molecule has 5 rings (SSSR count). The first-order chi connectivity index (χ1) is 18.8. The van der Waals surface area contributed by atoms with Gasteiger partial charge in [0.15, 0.2) is 0 Å². The minimum atomic E-state index is -0.582. The summed E-state index contributed by atoms with van der Waals surface area (Å²) in [6, 6.07) is 14.0. The molecule has 7 nitrogen and oxygen atoms in total. The van der Waals surface area contributed by atoms with Gasteiger partial charge >= 0.3 is 0 Å². The molecule has 1 N–H and O–H groups in total. The van der Waals surface area contributed by atoms with E-state index in [1.165, 1.54) is 18.3 Å². The van der Waals surface area contributed by atoms with Gasteiger partial charge in [-0.2, -0.15) is 5.26 Å². The third kappa shape index (κ3) is 5.11. The second kappa shape index (κ2) is 10.9. The van der Waals surface area contributed by atoms with Gasteiger partial charge in [0.1, 0.15) is 17.6 Å². The number of nitrogens with zero attached hydrogens (tertiary/aromatic N) is 5. The Bertz CT molecular complexity index is 1660. The normalized spacial score (nSPS) is 14.1. The van der Waals surface area contributed by atoms with Gasteiger partial charge in [-0.3, -0.25) is 9.78 Å². The molecule has 198 valence electrons. The van der Waals surface area contributed by atoms with Gasteiger partial charge in [0.2, 0.25) is 5.91 Å². The van der Waals surface area contributed by atoms with Crippen LogP contribution >= 0.6 is 11.6 Å². The van der Waals surface area contributed by atoms with E-state index in [0.29, 0.717) is 60.4 Å². The number of rotatable bonds is 5. The molecule has 1 aliphatic rings. The molecule has 0 unspecified atom stereocenters. The van der Waals surface area contributed by atoms with Crippen molar-refractivity contribution >= 4 is 44.9 Å². The number of likely N-dealkylation sites (N-methyl/N-ethyl adjacent to an activating group) is 1. The first-order valence-electron chi connectivity index (χ1n) is 12.6. The van der Waals surface area contributed by atoms with E-state index in [9.17, 15) is 15.2 Å². The maximum Gasteiger partial charge on any atom is 0.246 e. The molecule has 1 aliphatic heterocycles. The molecular formula is C30H27ClFN5O2. The zero-order valence-electron chi connectivity index (χ0n) is 21.7. The minimum Gasteiger partial charge on any atom is -0.508 e. The fraction of sp³-hybridized carbons (Fsp3) is 0.233. The number of amides is 1. The van der Waals surface area contributed by atoms with Crippen molar-refractivity contribution in [2.24, 2.45) is 0 Å². The molecule has 0 aliphatic carbocycles. The summed E-state index contributed by atoms with van der Waals surface area (Å²) in [6.45, 7) is 2.54. The number of hydrogen-bond acceptors (Lipinski definition) is 6. The van der Waals surface area contributed by atoms with Crippen LogP contribution < -0.4 is 4.90 Å². The quantitative estimate of drug-likeness (QED) is 0.349. The van der Waals surface area contributed by atoms with E-state index in [2.05, 4.69) is 11.1 Å². The van der Waals surface area contributed by atoms with E-state index in [0.717, 1.165) is 10.8 Å². The van der Waals surface area contributed by atoms with E-state index >= 15 is 4.39 Å². The molecule has 2 heterocycles. The zero-order valence-corrected chi connectivity index (χ0v) is 22.4. The molecule has 1 fully saturated rings. The fourth-order valence-electron chi connectivity index (χ4n) is 5.04. The van der Waals surface area contributed by atoms with Crippen molar-refractivity contribution in [2.75, 3.05) is 51.7 Å². The predicted octanol–water partition coefficient (Wildman–Crippen LogP) is 5.19. The number of phenolic OH excluding ortho intramolecular Hbond substituents is 1. The molecule has 0 radical (unpaired) electrons. The number of fused-ring (bicyclic) bond motifs is 2. The Morgan fingerprint density at radius 1 is 1.18 bits per heavy atom. The Morgan fingerprint density at radius 2 is 1.92 bits per heavy atom. The van der Waals surface area contributed by atoms with Crippen molar-refractivity contribution in [1.29, 1.82) is 5.26 Å². The predicted molar refractivity (Wildman–Crippen MR) is 153 cm³/mol. The summed E-state index contributed by atoms with van der Waals surface area (Å²) in [7, 11) is 3.87. The van der Waals surface area contributed by atoms with Crippen molar-refractivity contribution in [3.05, 3.63) is 77.2 Å². The first kappa shape index (κ1) is 26.4. The van der Waals surface area contributed by atoms with Crippen LogP contribution in [0.5, 0.6) is 5.75 Å². The lowest BCUT2D eigenvalue weighted by atomic mass is 9.95. The molecule has 0 spiro atoms. The lowest BCUT2D eigenvalue weighted by Crippen LogP contribution is -2.48. The lowest BCUT2D eigenvalue weighted by molar-refractivity contribution is -0.126. The van der Waals surface area contributed by atoms with Crippen molar-refractivity contribution in [2.45, 2.75) is 0 Å². The summed E-state index contributed by atoms with van der Waals surface area (Å²) in [5.74, 6) is -0.647. The molecular weight excluding hydrogens is 517 g/mol. The first-order valence-corrected chi connectivity index (χ1v) is 12.9. The van der Waals surface area contributed by atoms with Gasteiger partial charge in [0.25, 0.3) is 0 Å². The summed E-state index contributed by atoms with van der Waals surface area (Å²) in [5.41, 5.74) is 1.81. The number of benzene rings is 3. The van der Waals surface area contributed by atoms with Crippen LogP contribution in [-0.4, -0.2) is 72.6 Å². The molecule has 0 bridgehead atoms. The molecule has 0 atom stereocenters. The highest BCUT2D eigenvalue weighted by atomic mass is 35.5. The number of nitriles is 1. The van der Waals surface area contributed by atoms with Gasteiger partial charge in [-0.05, 0) is 48.6 Å². The van der Waals surface area contributed by atoms with Gasteiger partial charge in [-0.1, -0.05) is 41.9 Å². The summed E-state index contributed by atoms with van der Waals surface area (Å²) < 4.78 is 15.9. The maximum atomic E-state index is 15.9. The van der Waals surface area contributed by atoms with Gasteiger partial charge in [-0.25, -0.2) is 4.39 Å². The van der Waals surface area contributed by atoms with Crippen LogP contribution in [0, 0.1) is 17.1 Å². The number of carbonyl (C=O) groups is 1. The number of carbonyl (C=O) groups excluding carboxylic acids is 1. The van der Waals surface area contributed by atoms with Gasteiger partial charge < -0.3 is 19.8 Å². The molecule has 1 aromatic heterocycles. The number of aromatic hydroxyl groups is 1. The Labute approximate surface area is 230 Å². The Kier molecular flexibility index (Phi) is 7.38. The number of aromatic nitrogens is 1. The van der Waals surface area contributed by atoms with E-state index in [4.69, 9.17) is 11.6 Å². The standard InChI is InChI=1S/C30H27ClFN5O2/c1-35(2)9-5-8-26(39)36-10-12-37(13-11-36)30-20(17-33)18-34-29-24(30)16-25(32)27(28(29)31)23-15-21(38)14-19-6-3-4-7-22(19)23/h3-8,14-16,18,38H,9-13H2,1-2H3/b8-5+. The summed E-state index contributed by atoms with van der Waals surface area (Å²) in [6.07, 6.45) is 4.87. The van der Waals surface area contributed by atoms with Crippen LogP contribution in [0.25, 0.3) is 32.8 Å². The number of phenols is 1. The topological polar surface area (TPSA) is 83.7 Å². The van der Waals surface area contributed by atoms with Crippen molar-refractivity contribution in [3.8, 4) is 22.9 Å². The smallest absolute Gasteiger partial charge is 0.246 e. The van der Waals surface area contributed by atoms with Crippen LogP contribution in [0.2, 0.25) is 5.02 Å². The van der Waals surface area contributed by atoms with E-state index in [1.807, 2.05) is 54.2 Å². The van der Waals surface area contributed by atoms with Crippen LogP contribution in [0.1, 0.15) is 5.56 Å². The van der Waals surface area contributed by atoms with Crippen LogP contribution in [0.3, 0.4) is 0 Å². The number of anilines is 1. The highest BCUT2D eigenvalue weighted by Gasteiger charge is 2.26. The molecule has 1 amide bonds. The molecule has 4 aromatic rings. The van der Waals surface area contributed by atoms with Gasteiger partial charge in [0.05, 0.1) is 21.8 Å². The van der Waals surface area contributed by atoms with Crippen LogP contribution in [0.15, 0.2) is 60.8 Å². The molecule has 3 aromatic carbocycles. The average Bonchev–Trinajstić information content (AvgIpc) is 2.92. The monoisotopic (exact) mass is 543 g/mol. The second-order valence-corrected chi connectivity index (χ2v) is 10.1. The highest BCUT2D eigenvalue weighted by Crippen LogP contribution is 2.43. The molecule has 9 heteroatoms. The van der Waals surface area contributed by atoms with E-state index in [-0.39, 0.29) is 22.2 Å². The maximum absolute atomic E-state index is 15.9. The molecule has 1 saturated heterocycles. The average molecular weight is 544 g/mol. The van der Waals surface area contributed by atoms with E-state index < -0.39 is 5.82 Å². The SMILES string of the molecule is CN(C)C/C=C/C(=O)N1CCN(c2c(C#N)cnc3c(Cl)c(-c4cc(O)cc5ccccc45)c(F)cc23)CC1. The largest absolute Gasteiger partial charge is 0.508 e. The van der Waals surface area contributed by atoms with Crippen LogP contribution in [0.4, 0.5) is 10.1 Å². The minimum absolute atomic E-state index is 0.00304. The summed E-state index contributed by atoms with van der Waals surface area (Å²) >= 11 is 6.83. The Morgan fingerprint density at radius 3 is 2.64 bits per heavy atom. The lowest BCUT2D eigenvalue weighted by Gasteiger charge is -2.36. The third-order valence-corrected chi connectivity index (χ3v) is 7.27.